The zero-order valence-electron chi connectivity index (χ0n) is 12.4. The van der Waals surface area contributed by atoms with Gasteiger partial charge in [-0.15, -0.1) is 0 Å². The van der Waals surface area contributed by atoms with Crippen molar-refractivity contribution in [2.45, 2.75) is 32.7 Å². The first kappa shape index (κ1) is 15.2. The topological polar surface area (TPSA) is 49.3 Å². The molecular weight excluding hydrogens is 276 g/mol. The molecule has 2 rings (SSSR count). The summed E-state index contributed by atoms with van der Waals surface area (Å²) in [7, 11) is 2.07. The lowest BCUT2D eigenvalue weighted by molar-refractivity contribution is 0.0566. The van der Waals surface area contributed by atoms with Crippen LogP contribution in [0.2, 0.25) is 5.02 Å². The third-order valence-corrected chi connectivity index (χ3v) is 4.01. The van der Waals surface area contributed by atoms with Gasteiger partial charge >= 0.3 is 0 Å². The number of halogens is 1. The van der Waals surface area contributed by atoms with Crippen molar-refractivity contribution in [3.63, 3.8) is 0 Å². The Labute approximate surface area is 124 Å². The number of nitrogens with zero attached hydrogens (tertiary/aromatic N) is 4. The van der Waals surface area contributed by atoms with Gasteiger partial charge in [-0.25, -0.2) is 9.97 Å². The highest BCUT2D eigenvalue weighted by atomic mass is 35.5. The Morgan fingerprint density at radius 3 is 2.75 bits per heavy atom. The molecule has 1 aliphatic rings. The third kappa shape index (κ3) is 3.10. The van der Waals surface area contributed by atoms with E-state index in [4.69, 9.17) is 11.6 Å². The van der Waals surface area contributed by atoms with Crippen LogP contribution >= 0.6 is 11.6 Å². The molecule has 0 aliphatic carbocycles. The summed E-state index contributed by atoms with van der Waals surface area (Å²) < 4.78 is 0. The first-order valence-corrected chi connectivity index (χ1v) is 7.30. The lowest BCUT2D eigenvalue weighted by Crippen LogP contribution is -2.52. The number of hydrogen-bond acceptors (Lipinski definition) is 4. The van der Waals surface area contributed by atoms with Gasteiger partial charge < -0.3 is 9.80 Å². The van der Waals surface area contributed by atoms with Gasteiger partial charge in [-0.3, -0.25) is 4.79 Å². The molecule has 20 heavy (non-hydrogen) atoms. The zero-order valence-corrected chi connectivity index (χ0v) is 13.2. The summed E-state index contributed by atoms with van der Waals surface area (Å²) in [6, 6.07) is 0.345. The van der Waals surface area contributed by atoms with E-state index in [-0.39, 0.29) is 11.8 Å². The minimum absolute atomic E-state index is 0.0979. The quantitative estimate of drug-likeness (QED) is 0.838. The molecule has 1 aromatic heterocycles. The lowest BCUT2D eigenvalue weighted by atomic mass is 10.2. The average molecular weight is 297 g/mol. The molecule has 1 amide bonds. The van der Waals surface area contributed by atoms with Crippen LogP contribution in [0.25, 0.3) is 0 Å². The summed E-state index contributed by atoms with van der Waals surface area (Å²) in [4.78, 5) is 25.2. The fraction of sp³-hybridized carbons (Fsp3) is 0.643. The second-order valence-electron chi connectivity index (χ2n) is 5.66. The van der Waals surface area contributed by atoms with Gasteiger partial charge in [0.15, 0.2) is 5.69 Å². The molecule has 1 unspecified atom stereocenters. The van der Waals surface area contributed by atoms with Gasteiger partial charge in [0.05, 0.1) is 11.2 Å². The predicted octanol–water partition coefficient (Wildman–Crippen LogP) is 2.03. The van der Waals surface area contributed by atoms with Crippen LogP contribution < -0.4 is 0 Å². The van der Waals surface area contributed by atoms with Crippen LogP contribution in [-0.2, 0) is 0 Å². The van der Waals surface area contributed by atoms with Gasteiger partial charge in [-0.2, -0.15) is 0 Å². The van der Waals surface area contributed by atoms with E-state index in [2.05, 4.69) is 28.8 Å². The minimum atomic E-state index is -0.0979. The van der Waals surface area contributed by atoms with Crippen LogP contribution in [0.5, 0.6) is 0 Å². The van der Waals surface area contributed by atoms with Crippen molar-refractivity contribution in [2.75, 3.05) is 26.7 Å². The molecule has 0 radical (unpaired) electrons. The van der Waals surface area contributed by atoms with Crippen LogP contribution in [0.3, 0.4) is 0 Å². The van der Waals surface area contributed by atoms with Crippen LogP contribution in [0.1, 0.15) is 43.0 Å². The van der Waals surface area contributed by atoms with Crippen molar-refractivity contribution in [1.29, 1.82) is 0 Å². The normalized spacial score (nSPS) is 20.5. The monoisotopic (exact) mass is 296 g/mol. The second kappa shape index (κ2) is 6.06. The second-order valence-corrected chi connectivity index (χ2v) is 6.07. The number of aromatic nitrogens is 2. The van der Waals surface area contributed by atoms with Gasteiger partial charge in [0.2, 0.25) is 0 Å². The molecule has 1 saturated heterocycles. The molecule has 0 bridgehead atoms. The van der Waals surface area contributed by atoms with E-state index in [0.717, 1.165) is 6.54 Å². The highest BCUT2D eigenvalue weighted by Crippen LogP contribution is 2.19. The standard InChI is InChI=1S/C14H21ClN4O/c1-9(2)13-16-7-11(15)12(17-13)14(20)19-6-5-18(4)10(3)8-19/h7,9-10H,5-6,8H2,1-4H3. The maximum atomic E-state index is 12.6. The van der Waals surface area contributed by atoms with Crippen LogP contribution in [0, 0.1) is 0 Å². The van der Waals surface area contributed by atoms with Crippen molar-refractivity contribution < 1.29 is 4.79 Å². The summed E-state index contributed by atoms with van der Waals surface area (Å²) in [6.07, 6.45) is 1.52. The molecule has 0 spiro atoms. The Bertz CT molecular complexity index is 506. The van der Waals surface area contributed by atoms with Crippen molar-refractivity contribution in [1.82, 2.24) is 19.8 Å². The summed E-state index contributed by atoms with van der Waals surface area (Å²) in [6.45, 7) is 8.38. The Kier molecular flexibility index (Phi) is 4.60. The Morgan fingerprint density at radius 2 is 2.15 bits per heavy atom. The number of amides is 1. The van der Waals surface area contributed by atoms with E-state index >= 15 is 0 Å². The smallest absolute Gasteiger partial charge is 0.274 e. The molecule has 1 aliphatic heterocycles. The third-order valence-electron chi connectivity index (χ3n) is 3.73. The highest BCUT2D eigenvalue weighted by molar-refractivity contribution is 6.33. The summed E-state index contributed by atoms with van der Waals surface area (Å²) >= 11 is 6.10. The van der Waals surface area contributed by atoms with E-state index in [1.807, 2.05) is 18.7 Å². The average Bonchev–Trinajstić information content (AvgIpc) is 2.41. The van der Waals surface area contributed by atoms with Crippen molar-refractivity contribution >= 4 is 17.5 Å². The molecule has 0 aromatic carbocycles. The lowest BCUT2D eigenvalue weighted by Gasteiger charge is -2.37. The van der Waals surface area contributed by atoms with Gasteiger partial charge in [-0.05, 0) is 14.0 Å². The largest absolute Gasteiger partial charge is 0.334 e. The number of carbonyl (C=O) groups is 1. The van der Waals surface area contributed by atoms with Crippen LogP contribution in [0.4, 0.5) is 0 Å². The fourth-order valence-corrected chi connectivity index (χ4v) is 2.36. The molecule has 0 saturated carbocycles. The van der Waals surface area contributed by atoms with Crippen molar-refractivity contribution in [3.05, 3.63) is 22.7 Å². The van der Waals surface area contributed by atoms with Crippen molar-refractivity contribution in [2.24, 2.45) is 0 Å². The number of hydrogen-bond donors (Lipinski definition) is 0. The first-order chi connectivity index (χ1) is 9.40. The molecule has 5 nitrogen and oxygen atoms in total. The van der Waals surface area contributed by atoms with Gasteiger partial charge in [0.25, 0.3) is 5.91 Å². The minimum Gasteiger partial charge on any atom is -0.334 e. The summed E-state index contributed by atoms with van der Waals surface area (Å²) in [5.41, 5.74) is 0.321. The van der Waals surface area contributed by atoms with E-state index in [9.17, 15) is 4.79 Å². The molecule has 1 fully saturated rings. The number of carbonyl (C=O) groups excluding carboxylic acids is 1. The summed E-state index contributed by atoms with van der Waals surface area (Å²) in [5, 5.41) is 0.325. The number of piperazine rings is 1. The molecule has 1 aromatic rings. The zero-order chi connectivity index (χ0) is 14.9. The van der Waals surface area contributed by atoms with E-state index in [1.165, 1.54) is 6.20 Å². The Morgan fingerprint density at radius 1 is 1.45 bits per heavy atom. The molecular formula is C14H21ClN4O. The number of rotatable bonds is 2. The van der Waals surface area contributed by atoms with Gasteiger partial charge in [0, 0.05) is 31.6 Å². The number of likely N-dealkylation sites (N-methyl/N-ethyl adjacent to an activating group) is 1. The van der Waals surface area contributed by atoms with Crippen LogP contribution in [0.15, 0.2) is 6.20 Å². The Balaban J connectivity index is 2.22. The summed E-state index contributed by atoms with van der Waals surface area (Å²) in [5.74, 6) is 0.726. The van der Waals surface area contributed by atoms with Gasteiger partial charge in [-0.1, -0.05) is 25.4 Å². The SMILES string of the molecule is CC(C)c1ncc(Cl)c(C(=O)N2CCN(C)C(C)C2)n1. The van der Waals surface area contributed by atoms with E-state index < -0.39 is 0 Å². The predicted molar refractivity (Wildman–Crippen MR) is 79.1 cm³/mol. The first-order valence-electron chi connectivity index (χ1n) is 6.92. The maximum absolute atomic E-state index is 12.6. The molecule has 0 N–H and O–H groups in total. The molecule has 1 atom stereocenters. The Hall–Kier alpha value is -1.20. The van der Waals surface area contributed by atoms with E-state index in [0.29, 0.717) is 35.7 Å². The van der Waals surface area contributed by atoms with Crippen LogP contribution in [-0.4, -0.2) is 58.4 Å². The van der Waals surface area contributed by atoms with E-state index in [1.54, 1.807) is 0 Å². The molecule has 2 heterocycles. The van der Waals surface area contributed by atoms with Gasteiger partial charge in [0.1, 0.15) is 5.82 Å². The molecule has 110 valence electrons. The highest BCUT2D eigenvalue weighted by Gasteiger charge is 2.27. The van der Waals surface area contributed by atoms with Crippen molar-refractivity contribution in [3.8, 4) is 0 Å². The fourth-order valence-electron chi connectivity index (χ4n) is 2.19. The maximum Gasteiger partial charge on any atom is 0.274 e. The molecule has 6 heteroatoms.